The molecule has 0 saturated carbocycles. The molecule has 0 unspecified atom stereocenters. The van der Waals surface area contributed by atoms with Crippen LogP contribution in [0.15, 0.2) is 42.7 Å². The Kier molecular flexibility index (Phi) is 6.96. The second-order valence-corrected chi connectivity index (χ2v) is 6.73. The molecule has 32 heavy (non-hydrogen) atoms. The lowest BCUT2D eigenvalue weighted by Crippen LogP contribution is -2.23. The number of imidazole rings is 1. The van der Waals surface area contributed by atoms with Gasteiger partial charge in [0.05, 0.1) is 31.1 Å². The molecule has 0 aliphatic rings. The largest absolute Gasteiger partial charge is 0.493 e. The molecule has 166 valence electrons. The minimum atomic E-state index is -0.532. The van der Waals surface area contributed by atoms with Crippen molar-refractivity contribution in [3.05, 3.63) is 64.7 Å². The quantitative estimate of drug-likeness (QED) is 0.431. The monoisotopic (exact) mass is 457 g/mol. The summed E-state index contributed by atoms with van der Waals surface area (Å²) in [5.41, 5.74) is 1.16. The summed E-state index contributed by atoms with van der Waals surface area (Å²) in [4.78, 5) is 43.4. The minimum Gasteiger partial charge on any atom is -0.493 e. The lowest BCUT2D eigenvalue weighted by atomic mass is 10.1. The van der Waals surface area contributed by atoms with Gasteiger partial charge in [-0.1, -0.05) is 11.6 Å². The van der Waals surface area contributed by atoms with E-state index in [9.17, 15) is 14.4 Å². The summed E-state index contributed by atoms with van der Waals surface area (Å²) in [6.45, 7) is 0. The Labute approximate surface area is 188 Å². The van der Waals surface area contributed by atoms with Crippen molar-refractivity contribution in [1.82, 2.24) is 15.3 Å². The van der Waals surface area contributed by atoms with E-state index in [-0.39, 0.29) is 27.7 Å². The first kappa shape index (κ1) is 22.6. The SMILES string of the molecule is CNC(=O)c1nc[nH]c1C(=O)Nc1ccc(NC(=O)c2ccc(OC)c(OC)c2Cl)cc1. The number of amides is 3. The smallest absolute Gasteiger partial charge is 0.274 e. The molecule has 1 aromatic heterocycles. The van der Waals surface area contributed by atoms with Crippen LogP contribution in [0.5, 0.6) is 11.5 Å². The maximum Gasteiger partial charge on any atom is 0.274 e. The Morgan fingerprint density at radius 1 is 0.906 bits per heavy atom. The van der Waals surface area contributed by atoms with Gasteiger partial charge in [-0.15, -0.1) is 0 Å². The van der Waals surface area contributed by atoms with Crippen molar-refractivity contribution in [2.75, 3.05) is 31.9 Å². The van der Waals surface area contributed by atoms with Crippen molar-refractivity contribution in [3.8, 4) is 11.5 Å². The van der Waals surface area contributed by atoms with Crippen molar-refractivity contribution < 1.29 is 23.9 Å². The number of aromatic amines is 1. The van der Waals surface area contributed by atoms with Crippen LogP contribution in [-0.2, 0) is 0 Å². The number of halogens is 1. The molecule has 0 radical (unpaired) electrons. The van der Waals surface area contributed by atoms with E-state index in [1.807, 2.05) is 0 Å². The number of nitrogens with one attached hydrogen (secondary N) is 4. The van der Waals surface area contributed by atoms with Gasteiger partial charge in [-0.05, 0) is 36.4 Å². The fourth-order valence-electron chi connectivity index (χ4n) is 2.85. The second-order valence-electron chi connectivity index (χ2n) is 6.35. The van der Waals surface area contributed by atoms with Gasteiger partial charge in [-0.3, -0.25) is 14.4 Å². The highest BCUT2D eigenvalue weighted by molar-refractivity contribution is 6.36. The lowest BCUT2D eigenvalue weighted by Gasteiger charge is -2.13. The third kappa shape index (κ3) is 4.65. The predicted octanol–water partition coefficient (Wildman–Crippen LogP) is 2.94. The van der Waals surface area contributed by atoms with Gasteiger partial charge < -0.3 is 30.4 Å². The number of carbonyl (C=O) groups is 3. The molecule has 0 aliphatic carbocycles. The Morgan fingerprint density at radius 3 is 2.09 bits per heavy atom. The highest BCUT2D eigenvalue weighted by atomic mass is 35.5. The third-order valence-electron chi connectivity index (χ3n) is 4.44. The maximum absolute atomic E-state index is 12.6. The highest BCUT2D eigenvalue weighted by Gasteiger charge is 2.20. The number of aromatic nitrogens is 2. The van der Waals surface area contributed by atoms with Gasteiger partial charge in [-0.25, -0.2) is 4.98 Å². The Bertz CT molecular complexity index is 1160. The van der Waals surface area contributed by atoms with Crippen LogP contribution in [0.2, 0.25) is 5.02 Å². The molecule has 11 heteroatoms. The zero-order chi connectivity index (χ0) is 23.3. The van der Waals surface area contributed by atoms with Gasteiger partial charge in [-0.2, -0.15) is 0 Å². The Hall–Kier alpha value is -4.05. The fraction of sp³-hybridized carbons (Fsp3) is 0.143. The summed E-state index contributed by atoms with van der Waals surface area (Å²) >= 11 is 6.28. The van der Waals surface area contributed by atoms with Crippen molar-refractivity contribution in [2.24, 2.45) is 0 Å². The first-order valence-corrected chi connectivity index (χ1v) is 9.66. The van der Waals surface area contributed by atoms with E-state index in [1.54, 1.807) is 30.3 Å². The zero-order valence-corrected chi connectivity index (χ0v) is 18.2. The number of ether oxygens (including phenoxy) is 2. The molecule has 0 bridgehead atoms. The number of hydrogen-bond donors (Lipinski definition) is 4. The van der Waals surface area contributed by atoms with E-state index < -0.39 is 17.7 Å². The van der Waals surface area contributed by atoms with E-state index in [0.717, 1.165) is 0 Å². The summed E-state index contributed by atoms with van der Waals surface area (Å²) in [5.74, 6) is -0.792. The first-order chi connectivity index (χ1) is 15.4. The number of nitrogens with zero attached hydrogens (tertiary/aromatic N) is 1. The van der Waals surface area contributed by atoms with E-state index in [0.29, 0.717) is 17.1 Å². The maximum atomic E-state index is 12.6. The molecule has 1 heterocycles. The molecule has 4 N–H and O–H groups in total. The van der Waals surface area contributed by atoms with E-state index in [4.69, 9.17) is 21.1 Å². The third-order valence-corrected chi connectivity index (χ3v) is 4.81. The molecule has 0 fully saturated rings. The van der Waals surface area contributed by atoms with Crippen molar-refractivity contribution >= 4 is 40.7 Å². The van der Waals surface area contributed by atoms with Gasteiger partial charge in [0.2, 0.25) is 0 Å². The summed E-state index contributed by atoms with van der Waals surface area (Å²) in [5, 5.41) is 7.93. The number of carbonyl (C=O) groups excluding carboxylic acids is 3. The van der Waals surface area contributed by atoms with Crippen LogP contribution in [0.25, 0.3) is 0 Å². The standard InChI is InChI=1S/C21H20ClN5O5/c1-23-20(29)16-17(25-10-24-16)21(30)27-12-6-4-11(5-7-12)26-19(28)13-8-9-14(31-2)18(32-3)15(13)22/h4-10H,1-3H3,(H,23,29)(H,24,25)(H,26,28)(H,27,30). The molecule has 0 spiro atoms. The lowest BCUT2D eigenvalue weighted by molar-refractivity contribution is 0.0943. The molecule has 3 aromatic rings. The number of benzene rings is 2. The van der Waals surface area contributed by atoms with E-state index in [2.05, 4.69) is 25.9 Å². The molecule has 3 amide bonds. The van der Waals surface area contributed by atoms with Gasteiger partial charge in [0.15, 0.2) is 17.2 Å². The first-order valence-electron chi connectivity index (χ1n) is 9.28. The van der Waals surface area contributed by atoms with Crippen LogP contribution in [0.3, 0.4) is 0 Å². The van der Waals surface area contributed by atoms with E-state index >= 15 is 0 Å². The highest BCUT2D eigenvalue weighted by Crippen LogP contribution is 2.37. The fourth-order valence-corrected chi connectivity index (χ4v) is 3.17. The number of H-pyrrole nitrogens is 1. The molecular weight excluding hydrogens is 438 g/mol. The number of methoxy groups -OCH3 is 2. The summed E-state index contributed by atoms with van der Waals surface area (Å²) in [7, 11) is 4.35. The van der Waals surface area contributed by atoms with Crippen molar-refractivity contribution in [1.29, 1.82) is 0 Å². The number of anilines is 2. The van der Waals surface area contributed by atoms with Gasteiger partial charge >= 0.3 is 0 Å². The minimum absolute atomic E-state index is 0.0133. The van der Waals surface area contributed by atoms with Crippen LogP contribution < -0.4 is 25.4 Å². The Morgan fingerprint density at radius 2 is 1.53 bits per heavy atom. The van der Waals surface area contributed by atoms with Crippen LogP contribution in [0, 0.1) is 0 Å². The molecule has 0 saturated heterocycles. The molecule has 3 rings (SSSR count). The topological polar surface area (TPSA) is 134 Å². The molecule has 0 aliphatic heterocycles. The van der Waals surface area contributed by atoms with Crippen LogP contribution in [0.4, 0.5) is 11.4 Å². The molecule has 0 atom stereocenters. The predicted molar refractivity (Wildman–Crippen MR) is 119 cm³/mol. The summed E-state index contributed by atoms with van der Waals surface area (Å²) in [6, 6.07) is 9.52. The van der Waals surface area contributed by atoms with Gasteiger partial charge in [0, 0.05) is 18.4 Å². The molecule has 2 aromatic carbocycles. The summed E-state index contributed by atoms with van der Waals surface area (Å²) < 4.78 is 10.4. The van der Waals surface area contributed by atoms with Gasteiger partial charge in [0.1, 0.15) is 5.69 Å². The van der Waals surface area contributed by atoms with Crippen LogP contribution in [0.1, 0.15) is 31.3 Å². The Balaban J connectivity index is 1.70. The van der Waals surface area contributed by atoms with Crippen LogP contribution >= 0.6 is 11.6 Å². The molecule has 10 nitrogen and oxygen atoms in total. The van der Waals surface area contributed by atoms with Crippen LogP contribution in [-0.4, -0.2) is 49.0 Å². The van der Waals surface area contributed by atoms with E-state index in [1.165, 1.54) is 33.7 Å². The van der Waals surface area contributed by atoms with Crippen molar-refractivity contribution in [3.63, 3.8) is 0 Å². The summed E-state index contributed by atoms with van der Waals surface area (Å²) in [6.07, 6.45) is 1.26. The van der Waals surface area contributed by atoms with Crippen molar-refractivity contribution in [2.45, 2.75) is 0 Å². The second kappa shape index (κ2) is 9.84. The normalized spacial score (nSPS) is 10.2. The zero-order valence-electron chi connectivity index (χ0n) is 17.4. The van der Waals surface area contributed by atoms with Gasteiger partial charge in [0.25, 0.3) is 17.7 Å². The number of hydrogen-bond acceptors (Lipinski definition) is 6. The average molecular weight is 458 g/mol. The average Bonchev–Trinajstić information content (AvgIpc) is 3.29. The molecular formula is C21H20ClN5O5. The number of rotatable bonds is 7.